The minimum atomic E-state index is -1.39. The van der Waals surface area contributed by atoms with E-state index in [1.54, 1.807) is 24.3 Å². The monoisotopic (exact) mass is 354 g/mol. The number of carbonyl (C=O) groups is 2. The van der Waals surface area contributed by atoms with Crippen molar-refractivity contribution >= 4 is 11.6 Å². The summed E-state index contributed by atoms with van der Waals surface area (Å²) in [5.74, 6) is -0.551. The van der Waals surface area contributed by atoms with Gasteiger partial charge in [0, 0.05) is 17.0 Å². The van der Waals surface area contributed by atoms with Crippen LogP contribution in [0.4, 0.5) is 0 Å². The van der Waals surface area contributed by atoms with Crippen molar-refractivity contribution in [3.63, 3.8) is 0 Å². The second-order valence-electron chi connectivity index (χ2n) is 7.74. The molecule has 0 aliphatic heterocycles. The zero-order valence-corrected chi connectivity index (χ0v) is 15.9. The molecule has 2 rings (SSSR count). The second-order valence-corrected chi connectivity index (χ2v) is 7.74. The van der Waals surface area contributed by atoms with Crippen LogP contribution in [0.1, 0.15) is 72.4 Å². The van der Waals surface area contributed by atoms with Crippen molar-refractivity contribution in [3.8, 4) is 0 Å². The Kier molecular flexibility index (Phi) is 5.49. The summed E-state index contributed by atoms with van der Waals surface area (Å²) in [6, 6.07) is 14.4. The molecule has 0 fully saturated rings. The number of ketones is 2. The van der Waals surface area contributed by atoms with E-state index in [9.17, 15) is 19.8 Å². The molecular weight excluding hydrogens is 328 g/mol. The molecule has 2 aromatic carbocycles. The van der Waals surface area contributed by atoms with Crippen molar-refractivity contribution in [2.75, 3.05) is 0 Å². The summed E-state index contributed by atoms with van der Waals surface area (Å²) in [6.45, 7) is 7.94. The third kappa shape index (κ3) is 4.45. The van der Waals surface area contributed by atoms with Gasteiger partial charge in [-0.25, -0.2) is 0 Å². The molecule has 0 aliphatic carbocycles. The standard InChI is InChI=1S/C22H26O4/c1-14(15-6-10-17(11-7-15)19(23)21(2,3)25)16-8-12-18(13-9-16)20(24)22(4,5)26/h6-14,25-26H,1-5H3. The van der Waals surface area contributed by atoms with Gasteiger partial charge >= 0.3 is 0 Å². The zero-order chi connectivity index (χ0) is 19.7. The summed E-state index contributed by atoms with van der Waals surface area (Å²) in [4.78, 5) is 24.2. The predicted molar refractivity (Wildman–Crippen MR) is 102 cm³/mol. The van der Waals surface area contributed by atoms with Gasteiger partial charge in [-0.2, -0.15) is 0 Å². The molecule has 138 valence electrons. The van der Waals surface area contributed by atoms with Gasteiger partial charge in [-0.1, -0.05) is 55.5 Å². The van der Waals surface area contributed by atoms with Crippen LogP contribution in [0.3, 0.4) is 0 Å². The highest BCUT2D eigenvalue weighted by molar-refractivity contribution is 6.02. The average Bonchev–Trinajstić information content (AvgIpc) is 2.58. The van der Waals surface area contributed by atoms with E-state index >= 15 is 0 Å². The van der Waals surface area contributed by atoms with Crippen LogP contribution in [0, 0.1) is 0 Å². The van der Waals surface area contributed by atoms with E-state index in [0.717, 1.165) is 11.1 Å². The molecule has 2 aromatic rings. The van der Waals surface area contributed by atoms with Crippen molar-refractivity contribution in [1.82, 2.24) is 0 Å². The molecule has 4 heteroatoms. The third-order valence-corrected chi connectivity index (χ3v) is 4.46. The highest BCUT2D eigenvalue weighted by atomic mass is 16.3. The Morgan fingerprint density at radius 1 is 0.692 bits per heavy atom. The fraction of sp³-hybridized carbons (Fsp3) is 0.364. The Hall–Kier alpha value is -2.30. The van der Waals surface area contributed by atoms with Gasteiger partial charge in [-0.15, -0.1) is 0 Å². The molecule has 0 aromatic heterocycles. The van der Waals surface area contributed by atoms with Crippen LogP contribution >= 0.6 is 0 Å². The number of hydrogen-bond acceptors (Lipinski definition) is 4. The molecule has 0 saturated heterocycles. The summed E-state index contributed by atoms with van der Waals surface area (Å²) in [6.07, 6.45) is 0. The highest BCUT2D eigenvalue weighted by Crippen LogP contribution is 2.26. The number of carbonyl (C=O) groups excluding carboxylic acids is 2. The van der Waals surface area contributed by atoms with E-state index in [1.165, 1.54) is 27.7 Å². The lowest BCUT2D eigenvalue weighted by Crippen LogP contribution is -2.31. The molecule has 0 atom stereocenters. The largest absolute Gasteiger partial charge is 0.382 e. The Balaban J connectivity index is 2.20. The SMILES string of the molecule is CC(c1ccc(C(=O)C(C)(C)O)cc1)c1ccc(C(=O)C(C)(C)O)cc1. The summed E-state index contributed by atoms with van der Waals surface area (Å²) in [7, 11) is 0. The molecule has 0 spiro atoms. The Labute approximate surface area is 154 Å². The molecule has 4 nitrogen and oxygen atoms in total. The van der Waals surface area contributed by atoms with E-state index in [4.69, 9.17) is 0 Å². The van der Waals surface area contributed by atoms with Gasteiger partial charge in [0.1, 0.15) is 11.2 Å². The highest BCUT2D eigenvalue weighted by Gasteiger charge is 2.26. The van der Waals surface area contributed by atoms with Crippen molar-refractivity contribution in [2.24, 2.45) is 0 Å². The van der Waals surface area contributed by atoms with Crippen molar-refractivity contribution in [1.29, 1.82) is 0 Å². The van der Waals surface area contributed by atoms with E-state index in [0.29, 0.717) is 11.1 Å². The van der Waals surface area contributed by atoms with Gasteiger partial charge in [0.2, 0.25) is 0 Å². The molecule has 0 heterocycles. The number of aliphatic hydroxyl groups is 2. The number of rotatable bonds is 6. The Morgan fingerprint density at radius 2 is 0.962 bits per heavy atom. The molecule has 0 amide bonds. The third-order valence-electron chi connectivity index (χ3n) is 4.46. The maximum Gasteiger partial charge on any atom is 0.193 e. The van der Waals surface area contributed by atoms with Crippen LogP contribution in [0.2, 0.25) is 0 Å². The first-order valence-electron chi connectivity index (χ1n) is 8.65. The minimum Gasteiger partial charge on any atom is -0.382 e. The first kappa shape index (κ1) is 20.0. The predicted octanol–water partition coefficient (Wildman–Crippen LogP) is 3.75. The molecule has 0 aliphatic rings. The van der Waals surface area contributed by atoms with Gasteiger partial charge in [-0.3, -0.25) is 9.59 Å². The van der Waals surface area contributed by atoms with Gasteiger partial charge in [0.05, 0.1) is 0 Å². The zero-order valence-electron chi connectivity index (χ0n) is 15.9. The molecule has 0 radical (unpaired) electrons. The average molecular weight is 354 g/mol. The fourth-order valence-electron chi connectivity index (χ4n) is 2.75. The lowest BCUT2D eigenvalue weighted by Gasteiger charge is -2.18. The molecule has 0 bridgehead atoms. The lowest BCUT2D eigenvalue weighted by atomic mass is 9.89. The fourth-order valence-corrected chi connectivity index (χ4v) is 2.75. The topological polar surface area (TPSA) is 74.6 Å². The van der Waals surface area contributed by atoms with E-state index < -0.39 is 11.2 Å². The normalized spacial score (nSPS) is 12.3. The van der Waals surface area contributed by atoms with Crippen LogP contribution < -0.4 is 0 Å². The smallest absolute Gasteiger partial charge is 0.193 e. The number of hydrogen-bond donors (Lipinski definition) is 2. The first-order valence-corrected chi connectivity index (χ1v) is 8.65. The van der Waals surface area contributed by atoms with Crippen LogP contribution in [0.5, 0.6) is 0 Å². The van der Waals surface area contributed by atoms with Crippen LogP contribution in [-0.2, 0) is 0 Å². The van der Waals surface area contributed by atoms with Crippen molar-refractivity contribution in [2.45, 2.75) is 51.7 Å². The summed E-state index contributed by atoms with van der Waals surface area (Å²) < 4.78 is 0. The summed E-state index contributed by atoms with van der Waals surface area (Å²) in [5, 5.41) is 19.7. The molecule has 0 saturated carbocycles. The number of benzene rings is 2. The Bertz CT molecular complexity index is 719. The van der Waals surface area contributed by atoms with Crippen molar-refractivity contribution < 1.29 is 19.8 Å². The molecule has 2 N–H and O–H groups in total. The quantitative estimate of drug-likeness (QED) is 0.775. The van der Waals surface area contributed by atoms with Gasteiger partial charge in [0.25, 0.3) is 0 Å². The summed E-state index contributed by atoms with van der Waals surface area (Å²) in [5.41, 5.74) is 0.211. The van der Waals surface area contributed by atoms with Gasteiger partial charge in [0.15, 0.2) is 11.6 Å². The maximum atomic E-state index is 12.1. The molecule has 0 unspecified atom stereocenters. The number of Topliss-reactive ketones (excluding diaryl/α,β-unsaturated/α-hetero) is 2. The maximum absolute atomic E-state index is 12.1. The lowest BCUT2D eigenvalue weighted by molar-refractivity contribution is 0.0487. The Morgan fingerprint density at radius 3 is 1.19 bits per heavy atom. The summed E-state index contributed by atoms with van der Waals surface area (Å²) >= 11 is 0. The second kappa shape index (κ2) is 7.14. The van der Waals surface area contributed by atoms with E-state index in [1.807, 2.05) is 31.2 Å². The molecule has 26 heavy (non-hydrogen) atoms. The van der Waals surface area contributed by atoms with Crippen molar-refractivity contribution in [3.05, 3.63) is 70.8 Å². The van der Waals surface area contributed by atoms with Crippen LogP contribution in [0.25, 0.3) is 0 Å². The minimum absolute atomic E-state index is 0.0765. The van der Waals surface area contributed by atoms with Gasteiger partial charge in [-0.05, 0) is 38.8 Å². The van der Waals surface area contributed by atoms with E-state index in [-0.39, 0.29) is 17.5 Å². The van der Waals surface area contributed by atoms with Crippen LogP contribution in [-0.4, -0.2) is 33.0 Å². The first-order chi connectivity index (χ1) is 11.9. The van der Waals surface area contributed by atoms with Crippen LogP contribution in [0.15, 0.2) is 48.5 Å². The molecular formula is C22H26O4. The van der Waals surface area contributed by atoms with Gasteiger partial charge < -0.3 is 10.2 Å². The van der Waals surface area contributed by atoms with E-state index in [2.05, 4.69) is 0 Å².